The van der Waals surface area contributed by atoms with E-state index in [1.807, 2.05) is 12.1 Å². The minimum atomic E-state index is -0.233. The highest BCUT2D eigenvalue weighted by atomic mass is 32.2. The van der Waals surface area contributed by atoms with Gasteiger partial charge in [0.15, 0.2) is 4.80 Å². The maximum absolute atomic E-state index is 12.9. The summed E-state index contributed by atoms with van der Waals surface area (Å²) in [5, 5.41) is 0. The molecule has 0 aliphatic heterocycles. The van der Waals surface area contributed by atoms with Crippen LogP contribution < -0.4 is 9.54 Å². The molecule has 154 valence electrons. The second kappa shape index (κ2) is 10.1. The smallest absolute Gasteiger partial charge is 0.279 e. The van der Waals surface area contributed by atoms with Gasteiger partial charge >= 0.3 is 0 Å². The van der Waals surface area contributed by atoms with Gasteiger partial charge < -0.3 is 9.30 Å². The number of aryl methyl sites for hydroxylation is 3. The highest BCUT2D eigenvalue weighted by molar-refractivity contribution is 7.98. The Bertz CT molecular complexity index is 1070. The Kier molecular flexibility index (Phi) is 7.56. The number of fused-ring (bicyclic) bond motifs is 1. The Hall–Kier alpha value is -2.05. The molecule has 0 radical (unpaired) electrons. The highest BCUT2D eigenvalue weighted by Crippen LogP contribution is 2.22. The van der Waals surface area contributed by atoms with Gasteiger partial charge in [-0.15, -0.1) is 0 Å². The topological polar surface area (TPSA) is 43.6 Å². The van der Waals surface area contributed by atoms with E-state index in [0.717, 1.165) is 45.9 Å². The average molecular weight is 429 g/mol. The van der Waals surface area contributed by atoms with Gasteiger partial charge in [-0.05, 0) is 68.0 Å². The zero-order chi connectivity index (χ0) is 20.8. The molecule has 0 aliphatic carbocycles. The number of unbranched alkanes of at least 4 members (excludes halogenated alkanes) is 1. The summed E-state index contributed by atoms with van der Waals surface area (Å²) >= 11 is 3.37. The average Bonchev–Trinajstić information content (AvgIpc) is 3.03. The number of rotatable bonds is 8. The van der Waals surface area contributed by atoms with E-state index < -0.39 is 0 Å². The highest BCUT2D eigenvalue weighted by Gasteiger charge is 2.11. The van der Waals surface area contributed by atoms with Crippen molar-refractivity contribution in [3.8, 4) is 5.75 Å². The summed E-state index contributed by atoms with van der Waals surface area (Å²) in [6.07, 6.45) is 4.17. The molecule has 0 bridgehead atoms. The molecule has 0 N–H and O–H groups in total. The second-order valence-corrected chi connectivity index (χ2v) is 9.07. The van der Waals surface area contributed by atoms with Crippen LogP contribution in [0.4, 0.5) is 0 Å². The van der Waals surface area contributed by atoms with E-state index in [2.05, 4.69) is 48.7 Å². The van der Waals surface area contributed by atoms with Crippen molar-refractivity contribution in [1.82, 2.24) is 4.57 Å². The molecule has 0 saturated heterocycles. The minimum absolute atomic E-state index is 0.233. The van der Waals surface area contributed by atoms with Crippen molar-refractivity contribution in [2.45, 2.75) is 40.2 Å². The SMILES string of the molecule is CCCCOc1cccc(C(=O)N=c2sc3cc(C)c(C)cc3n2CCSC)c1. The number of nitrogens with zero attached hydrogens (tertiary/aromatic N) is 2. The van der Waals surface area contributed by atoms with Gasteiger partial charge in [0.1, 0.15) is 5.75 Å². The van der Waals surface area contributed by atoms with Gasteiger partial charge in [0.05, 0.1) is 16.8 Å². The molecule has 0 spiro atoms. The van der Waals surface area contributed by atoms with Crippen LogP contribution in [0, 0.1) is 13.8 Å². The van der Waals surface area contributed by atoms with Crippen LogP contribution in [0.5, 0.6) is 5.75 Å². The molecule has 2 aromatic carbocycles. The van der Waals surface area contributed by atoms with Gasteiger partial charge in [-0.1, -0.05) is 30.7 Å². The van der Waals surface area contributed by atoms with Gasteiger partial charge in [-0.25, -0.2) is 0 Å². The third-order valence-corrected chi connectivity index (χ3v) is 6.49. The zero-order valence-corrected chi connectivity index (χ0v) is 19.2. The van der Waals surface area contributed by atoms with Crippen molar-refractivity contribution in [3.63, 3.8) is 0 Å². The first-order chi connectivity index (χ1) is 14.0. The number of thioether (sulfide) groups is 1. The van der Waals surface area contributed by atoms with Crippen LogP contribution >= 0.6 is 23.1 Å². The fraction of sp³-hybridized carbons (Fsp3) is 0.391. The molecule has 0 atom stereocenters. The predicted molar refractivity (Wildman–Crippen MR) is 124 cm³/mol. The summed E-state index contributed by atoms with van der Waals surface area (Å²) in [5.74, 6) is 1.46. The van der Waals surface area contributed by atoms with E-state index >= 15 is 0 Å². The summed E-state index contributed by atoms with van der Waals surface area (Å²) in [6.45, 7) is 7.86. The summed E-state index contributed by atoms with van der Waals surface area (Å²) in [7, 11) is 0. The van der Waals surface area contributed by atoms with Crippen LogP contribution in [-0.2, 0) is 6.54 Å². The van der Waals surface area contributed by atoms with Gasteiger partial charge in [0.25, 0.3) is 5.91 Å². The minimum Gasteiger partial charge on any atom is -0.494 e. The molecule has 0 fully saturated rings. The normalized spacial score (nSPS) is 11.9. The lowest BCUT2D eigenvalue weighted by Gasteiger charge is -2.07. The number of thiazole rings is 1. The monoisotopic (exact) mass is 428 g/mol. The molecular formula is C23H28N2O2S2. The number of carbonyl (C=O) groups is 1. The molecule has 0 aliphatic rings. The summed E-state index contributed by atoms with van der Waals surface area (Å²) in [5.41, 5.74) is 4.21. The first-order valence-corrected chi connectivity index (χ1v) is 12.2. The molecule has 6 heteroatoms. The maximum atomic E-state index is 12.9. The van der Waals surface area contributed by atoms with Crippen LogP contribution in [0.3, 0.4) is 0 Å². The second-order valence-electron chi connectivity index (χ2n) is 7.08. The zero-order valence-electron chi connectivity index (χ0n) is 17.5. The molecule has 1 amide bonds. The summed E-state index contributed by atoms with van der Waals surface area (Å²) in [6, 6.07) is 11.7. The van der Waals surface area contributed by atoms with Crippen LogP contribution in [0.15, 0.2) is 41.4 Å². The maximum Gasteiger partial charge on any atom is 0.279 e. The van der Waals surface area contributed by atoms with E-state index in [-0.39, 0.29) is 5.91 Å². The van der Waals surface area contributed by atoms with Crippen LogP contribution in [-0.4, -0.2) is 29.1 Å². The molecule has 3 rings (SSSR count). The number of amides is 1. The lowest BCUT2D eigenvalue weighted by molar-refractivity contribution is 0.0997. The fourth-order valence-electron chi connectivity index (χ4n) is 3.01. The van der Waals surface area contributed by atoms with E-state index in [1.54, 1.807) is 35.2 Å². The van der Waals surface area contributed by atoms with Crippen molar-refractivity contribution in [2.75, 3.05) is 18.6 Å². The molecule has 0 unspecified atom stereocenters. The lowest BCUT2D eigenvalue weighted by Crippen LogP contribution is -2.18. The molecule has 0 saturated carbocycles. The van der Waals surface area contributed by atoms with E-state index in [0.29, 0.717) is 12.2 Å². The van der Waals surface area contributed by atoms with E-state index in [9.17, 15) is 4.79 Å². The summed E-state index contributed by atoms with van der Waals surface area (Å²) in [4.78, 5) is 18.1. The first-order valence-electron chi connectivity index (χ1n) is 9.95. The van der Waals surface area contributed by atoms with Gasteiger partial charge in [-0.2, -0.15) is 16.8 Å². The van der Waals surface area contributed by atoms with Crippen molar-refractivity contribution in [1.29, 1.82) is 0 Å². The number of hydrogen-bond donors (Lipinski definition) is 0. The van der Waals surface area contributed by atoms with Gasteiger partial charge in [0, 0.05) is 17.9 Å². The molecule has 1 aromatic heterocycles. The van der Waals surface area contributed by atoms with Crippen LogP contribution in [0.1, 0.15) is 41.3 Å². The lowest BCUT2D eigenvalue weighted by atomic mass is 10.1. The third kappa shape index (κ3) is 5.31. The fourth-order valence-corrected chi connectivity index (χ4v) is 4.51. The molecule has 3 aromatic rings. The number of aromatic nitrogens is 1. The molecular weight excluding hydrogens is 400 g/mol. The van der Waals surface area contributed by atoms with Crippen molar-refractivity contribution < 1.29 is 9.53 Å². The molecule has 1 heterocycles. The van der Waals surface area contributed by atoms with Crippen molar-refractivity contribution in [3.05, 3.63) is 57.9 Å². The van der Waals surface area contributed by atoms with Crippen LogP contribution in [0.2, 0.25) is 0 Å². The Morgan fingerprint density at radius 3 is 2.76 bits per heavy atom. The van der Waals surface area contributed by atoms with Crippen molar-refractivity contribution in [2.24, 2.45) is 4.99 Å². The number of benzene rings is 2. The van der Waals surface area contributed by atoms with Gasteiger partial charge in [0.2, 0.25) is 0 Å². The predicted octanol–water partition coefficient (Wildman–Crippen LogP) is 5.60. The summed E-state index contributed by atoms with van der Waals surface area (Å²) < 4.78 is 9.07. The van der Waals surface area contributed by atoms with Gasteiger partial charge in [-0.3, -0.25) is 4.79 Å². The van der Waals surface area contributed by atoms with Crippen molar-refractivity contribution >= 4 is 39.2 Å². The molecule has 4 nitrogen and oxygen atoms in total. The number of ether oxygens (including phenoxy) is 1. The third-order valence-electron chi connectivity index (χ3n) is 4.86. The largest absolute Gasteiger partial charge is 0.494 e. The quantitative estimate of drug-likeness (QED) is 0.439. The standard InChI is InChI=1S/C23H28N2O2S2/c1-5-6-11-27-19-9-7-8-18(15-19)22(26)24-23-25(10-12-28-4)20-13-16(2)17(3)14-21(20)29-23/h7-9,13-15H,5-6,10-12H2,1-4H3. The Labute approximate surface area is 180 Å². The Morgan fingerprint density at radius 1 is 1.21 bits per heavy atom. The van der Waals surface area contributed by atoms with Crippen LogP contribution in [0.25, 0.3) is 10.2 Å². The van der Waals surface area contributed by atoms with E-state index in [4.69, 9.17) is 4.74 Å². The first kappa shape index (κ1) is 21.7. The number of carbonyl (C=O) groups excluding carboxylic acids is 1. The van der Waals surface area contributed by atoms with E-state index in [1.165, 1.54) is 11.1 Å². The Morgan fingerprint density at radius 2 is 2.00 bits per heavy atom. The Balaban J connectivity index is 1.98. The number of hydrogen-bond acceptors (Lipinski definition) is 4. The molecule has 29 heavy (non-hydrogen) atoms.